The lowest BCUT2D eigenvalue weighted by atomic mass is 9.78. The Hall–Kier alpha value is -10.8. The molecule has 4 heterocycles. The zero-order chi connectivity index (χ0) is 57.4. The molecule has 15 aromatic rings. The van der Waals surface area contributed by atoms with Crippen LogP contribution in [0, 0.1) is 0 Å². The number of hydrogen-bond donors (Lipinski definition) is 0. The molecule has 0 saturated carbocycles. The fraction of sp³-hybridized carbons (Fsp3) is 0.0750. The molecule has 6 nitrogen and oxygen atoms in total. The van der Waals surface area contributed by atoms with Crippen molar-refractivity contribution in [1.82, 2.24) is 24.5 Å². The normalized spacial score (nSPS) is 13.5. The van der Waals surface area contributed by atoms with Gasteiger partial charge in [-0.15, -0.1) is 0 Å². The Morgan fingerprint density at radius 3 is 1.71 bits per heavy atom. The molecule has 0 aliphatic heterocycles. The number of fused-ring (bicyclic) bond motifs is 16. The zero-order valence-corrected chi connectivity index (χ0v) is 48.1. The van der Waals surface area contributed by atoms with Crippen molar-refractivity contribution in [2.24, 2.45) is 0 Å². The highest BCUT2D eigenvalue weighted by Crippen LogP contribution is 2.57. The van der Waals surface area contributed by atoms with E-state index in [1.807, 2.05) is 42.9 Å². The minimum Gasteiger partial charge on any atom is -0.310 e. The summed E-state index contributed by atoms with van der Waals surface area (Å²) in [5.74, 6) is 1.38. The van der Waals surface area contributed by atoms with Crippen LogP contribution in [-0.4, -0.2) is 24.5 Å². The second-order valence-electron chi connectivity index (χ2n) is 24.2. The van der Waals surface area contributed by atoms with E-state index >= 15 is 0 Å². The summed E-state index contributed by atoms with van der Waals surface area (Å²) in [5, 5.41) is 9.96. The van der Waals surface area contributed by atoms with Crippen molar-refractivity contribution in [2.75, 3.05) is 4.90 Å². The van der Waals surface area contributed by atoms with E-state index in [2.05, 4.69) is 267 Å². The molecular formula is C80H56N6. The van der Waals surface area contributed by atoms with Gasteiger partial charge in [0.25, 0.3) is 0 Å². The molecule has 2 aliphatic rings. The van der Waals surface area contributed by atoms with Crippen LogP contribution in [0.4, 0.5) is 17.1 Å². The number of hydrogen-bond acceptors (Lipinski definition) is 5. The monoisotopic (exact) mass is 1100 g/mol. The highest BCUT2D eigenvalue weighted by molar-refractivity contribution is 6.28. The third-order valence-corrected chi connectivity index (χ3v) is 18.7. The number of aromatic nitrogens is 5. The Labute approximate surface area is 499 Å². The summed E-state index contributed by atoms with van der Waals surface area (Å²) in [5.41, 5.74) is 21.9. The molecule has 0 N–H and O–H groups in total. The Kier molecular flexibility index (Phi) is 10.9. The van der Waals surface area contributed by atoms with Crippen LogP contribution in [0.1, 0.15) is 49.9 Å². The highest BCUT2D eigenvalue weighted by Gasteiger charge is 2.40. The molecule has 17 rings (SSSR count). The van der Waals surface area contributed by atoms with E-state index in [0.29, 0.717) is 5.82 Å². The number of benzene rings is 11. The summed E-state index contributed by atoms with van der Waals surface area (Å²) < 4.78 is 2.39. The fourth-order valence-electron chi connectivity index (χ4n) is 14.7. The van der Waals surface area contributed by atoms with Crippen molar-refractivity contribution in [1.29, 1.82) is 0 Å². The van der Waals surface area contributed by atoms with Gasteiger partial charge in [0.15, 0.2) is 5.82 Å². The maximum absolute atomic E-state index is 5.34. The molecule has 0 bridgehead atoms. The summed E-state index contributed by atoms with van der Waals surface area (Å²) in [6, 6.07) is 91.0. The average Bonchev–Trinajstić information content (AvgIpc) is 1.59. The van der Waals surface area contributed by atoms with Crippen LogP contribution in [0.15, 0.2) is 267 Å². The largest absolute Gasteiger partial charge is 0.310 e. The molecule has 0 atom stereocenters. The van der Waals surface area contributed by atoms with Crippen molar-refractivity contribution in [3.63, 3.8) is 0 Å². The van der Waals surface area contributed by atoms with Gasteiger partial charge < -0.3 is 4.90 Å². The molecular weight excluding hydrogens is 1040 g/mol. The van der Waals surface area contributed by atoms with Gasteiger partial charge in [-0.1, -0.05) is 198 Å². The first kappa shape index (κ1) is 49.8. The van der Waals surface area contributed by atoms with Crippen LogP contribution in [-0.2, 0) is 10.8 Å². The van der Waals surface area contributed by atoms with Crippen LogP contribution < -0.4 is 4.90 Å². The molecule has 4 aromatic heterocycles. The maximum Gasteiger partial charge on any atom is 0.160 e. The number of rotatable bonds is 8. The molecule has 86 heavy (non-hydrogen) atoms. The zero-order valence-electron chi connectivity index (χ0n) is 48.1. The molecule has 11 aromatic carbocycles. The van der Waals surface area contributed by atoms with E-state index in [0.717, 1.165) is 83.9 Å². The summed E-state index contributed by atoms with van der Waals surface area (Å²) >= 11 is 0. The minimum atomic E-state index is -0.392. The second-order valence-corrected chi connectivity index (χ2v) is 24.2. The first-order chi connectivity index (χ1) is 42.2. The minimum absolute atomic E-state index is 0.218. The number of pyridine rings is 2. The van der Waals surface area contributed by atoms with Crippen molar-refractivity contribution < 1.29 is 0 Å². The third kappa shape index (κ3) is 7.45. The summed E-state index contributed by atoms with van der Waals surface area (Å²) in [6.07, 6.45) is 5.54. The van der Waals surface area contributed by atoms with Gasteiger partial charge in [-0.05, 0) is 167 Å². The van der Waals surface area contributed by atoms with Gasteiger partial charge in [-0.2, -0.15) is 0 Å². The van der Waals surface area contributed by atoms with E-state index in [4.69, 9.17) is 15.0 Å². The Morgan fingerprint density at radius 2 is 0.942 bits per heavy atom. The van der Waals surface area contributed by atoms with Gasteiger partial charge in [0.2, 0.25) is 0 Å². The predicted molar refractivity (Wildman–Crippen MR) is 356 cm³/mol. The fourth-order valence-corrected chi connectivity index (χ4v) is 14.7. The van der Waals surface area contributed by atoms with Gasteiger partial charge in [0, 0.05) is 68.3 Å². The summed E-state index contributed by atoms with van der Waals surface area (Å²) in [7, 11) is 0. The Morgan fingerprint density at radius 1 is 0.349 bits per heavy atom. The summed E-state index contributed by atoms with van der Waals surface area (Å²) in [6.45, 7) is 9.59. The Bertz CT molecular complexity index is 5200. The molecule has 2 aliphatic carbocycles. The molecule has 0 saturated heterocycles. The lowest BCUT2D eigenvalue weighted by Crippen LogP contribution is -2.16. The SMILES string of the molecule is CC1(C)c2ccccc2-c2ccc(N(c3cccc(-c4ccccc4)c3)c3cccc4c3c3cc5c(cc3n4-c3cc(-c4nc(-c6ccccc6)cc(-c6ccncc6)n4)ccn3)C(C)(C)c3c-5ccc4c5ccccc5c5ccccc5c34)cc21. The molecule has 6 heteroatoms. The Balaban J connectivity index is 0.952. The van der Waals surface area contributed by atoms with E-state index in [1.54, 1.807) is 0 Å². The van der Waals surface area contributed by atoms with E-state index in [-0.39, 0.29) is 5.41 Å². The van der Waals surface area contributed by atoms with Gasteiger partial charge in [-0.3, -0.25) is 9.55 Å². The smallest absolute Gasteiger partial charge is 0.160 e. The van der Waals surface area contributed by atoms with Gasteiger partial charge >= 0.3 is 0 Å². The molecule has 0 unspecified atom stereocenters. The highest BCUT2D eigenvalue weighted by atomic mass is 15.2. The lowest BCUT2D eigenvalue weighted by Gasteiger charge is -2.29. The second kappa shape index (κ2) is 18.8. The van der Waals surface area contributed by atoms with Crippen molar-refractivity contribution >= 4 is 71.2 Å². The quantitative estimate of drug-likeness (QED) is 0.142. The maximum atomic E-state index is 5.34. The standard InChI is InChI=1S/C80H56N6/c1-79(2)66-30-16-15-28-59(66)60-34-33-55(45-67(60)79)85(54-24-17-23-52(43-54)49-19-7-5-8-20-49)71-31-18-32-72-76(71)65-46-64-63-36-35-62-58-27-12-11-25-56(58)57-26-13-14-29-61(57)75(62)77(63)80(3,4)68(64)47-73(65)86(72)74-44-53(39-42-82-74)78-83-69(50-21-9-6-10-22-50)48-70(84-78)51-37-40-81-41-38-51/h5-48H,1-4H3. The number of anilines is 3. The number of nitrogens with zero attached hydrogens (tertiary/aromatic N) is 6. The van der Waals surface area contributed by atoms with Crippen LogP contribution in [0.5, 0.6) is 0 Å². The summed E-state index contributed by atoms with van der Waals surface area (Å²) in [4.78, 5) is 22.8. The molecule has 0 fully saturated rings. The van der Waals surface area contributed by atoms with E-state index < -0.39 is 5.41 Å². The molecule has 406 valence electrons. The van der Waals surface area contributed by atoms with Crippen LogP contribution in [0.25, 0.3) is 127 Å². The van der Waals surface area contributed by atoms with Crippen LogP contribution >= 0.6 is 0 Å². The molecule has 0 spiro atoms. The lowest BCUT2D eigenvalue weighted by molar-refractivity contribution is 0.660. The third-order valence-electron chi connectivity index (χ3n) is 18.7. The van der Waals surface area contributed by atoms with Crippen LogP contribution in [0.3, 0.4) is 0 Å². The van der Waals surface area contributed by atoms with Gasteiger partial charge in [0.1, 0.15) is 5.82 Å². The van der Waals surface area contributed by atoms with Crippen molar-refractivity contribution in [2.45, 2.75) is 38.5 Å². The van der Waals surface area contributed by atoms with E-state index in [9.17, 15) is 0 Å². The van der Waals surface area contributed by atoms with Gasteiger partial charge in [0.05, 0.1) is 28.1 Å². The van der Waals surface area contributed by atoms with Crippen molar-refractivity contribution in [3.05, 3.63) is 290 Å². The molecule has 0 radical (unpaired) electrons. The average molecular weight is 1100 g/mol. The topological polar surface area (TPSA) is 59.7 Å². The predicted octanol–water partition coefficient (Wildman–Crippen LogP) is 20.6. The van der Waals surface area contributed by atoms with Crippen LogP contribution in [0.2, 0.25) is 0 Å². The first-order valence-electron chi connectivity index (χ1n) is 29.7. The first-order valence-corrected chi connectivity index (χ1v) is 29.7. The van der Waals surface area contributed by atoms with E-state index in [1.165, 1.54) is 76.8 Å². The van der Waals surface area contributed by atoms with Gasteiger partial charge in [-0.25, -0.2) is 15.0 Å². The van der Waals surface area contributed by atoms with Crippen molar-refractivity contribution in [3.8, 4) is 73.1 Å². The molecule has 0 amide bonds.